The minimum absolute atomic E-state index is 0.240. The Bertz CT molecular complexity index is 761. The van der Waals surface area contributed by atoms with Crippen LogP contribution in [0.15, 0.2) is 42.5 Å². The second-order valence-electron chi connectivity index (χ2n) is 7.50. The monoisotopic (exact) mass is 376 g/mol. The molecule has 1 fully saturated rings. The van der Waals surface area contributed by atoms with Crippen molar-refractivity contribution < 1.29 is 18.4 Å². The zero-order valence-electron chi connectivity index (χ0n) is 15.5. The van der Waals surface area contributed by atoms with E-state index in [0.29, 0.717) is 23.8 Å². The fourth-order valence-electron chi connectivity index (χ4n) is 2.69. The van der Waals surface area contributed by atoms with E-state index in [2.05, 4.69) is 0 Å². The number of halogens is 2. The zero-order chi connectivity index (χ0) is 18.9. The van der Waals surface area contributed by atoms with Crippen LogP contribution in [-0.2, 0) is 15.7 Å². The molecule has 0 N–H and O–H groups in total. The highest BCUT2D eigenvalue weighted by atomic mass is 35.5. The SMILES string of the molecule is CC1(C)OB(c2ccc(OCCc3ccc(F)cc3)c(Cl)c2)OC1(C)C. The smallest absolute Gasteiger partial charge is 0.492 e. The average Bonchev–Trinajstić information content (AvgIpc) is 2.79. The van der Waals surface area contributed by atoms with Crippen LogP contribution in [0.1, 0.15) is 33.3 Å². The molecule has 1 aliphatic rings. The second kappa shape index (κ2) is 7.22. The molecule has 6 heteroatoms. The summed E-state index contributed by atoms with van der Waals surface area (Å²) in [5.74, 6) is 0.366. The maximum atomic E-state index is 12.9. The third-order valence-electron chi connectivity index (χ3n) is 5.04. The van der Waals surface area contributed by atoms with Gasteiger partial charge in [-0.25, -0.2) is 4.39 Å². The van der Waals surface area contributed by atoms with Crippen molar-refractivity contribution in [2.45, 2.75) is 45.3 Å². The highest BCUT2D eigenvalue weighted by Gasteiger charge is 2.51. The van der Waals surface area contributed by atoms with Gasteiger partial charge in [-0.3, -0.25) is 0 Å². The van der Waals surface area contributed by atoms with E-state index >= 15 is 0 Å². The molecule has 1 saturated heterocycles. The van der Waals surface area contributed by atoms with Gasteiger partial charge in [-0.15, -0.1) is 0 Å². The highest BCUT2D eigenvalue weighted by Crippen LogP contribution is 2.37. The van der Waals surface area contributed by atoms with Crippen molar-refractivity contribution in [3.8, 4) is 5.75 Å². The third kappa shape index (κ3) is 4.06. The number of benzene rings is 2. The summed E-state index contributed by atoms with van der Waals surface area (Å²) in [7, 11) is -0.453. The first-order valence-corrected chi connectivity index (χ1v) is 9.08. The quantitative estimate of drug-likeness (QED) is 0.724. The van der Waals surface area contributed by atoms with Crippen molar-refractivity contribution in [3.05, 3.63) is 58.9 Å². The van der Waals surface area contributed by atoms with Crippen LogP contribution < -0.4 is 10.2 Å². The topological polar surface area (TPSA) is 27.7 Å². The number of hydrogen-bond donors (Lipinski definition) is 0. The van der Waals surface area contributed by atoms with Crippen LogP contribution >= 0.6 is 11.6 Å². The lowest BCUT2D eigenvalue weighted by Crippen LogP contribution is -2.41. The second-order valence-corrected chi connectivity index (χ2v) is 7.91. The van der Waals surface area contributed by atoms with Gasteiger partial charge in [0.25, 0.3) is 0 Å². The number of hydrogen-bond acceptors (Lipinski definition) is 3. The molecule has 1 aliphatic heterocycles. The fraction of sp³-hybridized carbons (Fsp3) is 0.400. The van der Waals surface area contributed by atoms with Gasteiger partial charge in [0.05, 0.1) is 22.8 Å². The number of ether oxygens (including phenoxy) is 1. The zero-order valence-corrected chi connectivity index (χ0v) is 16.3. The molecule has 0 spiro atoms. The van der Waals surface area contributed by atoms with Crippen molar-refractivity contribution in [1.29, 1.82) is 0 Å². The van der Waals surface area contributed by atoms with Crippen molar-refractivity contribution in [3.63, 3.8) is 0 Å². The molecule has 2 aromatic rings. The van der Waals surface area contributed by atoms with E-state index in [1.165, 1.54) is 12.1 Å². The lowest BCUT2D eigenvalue weighted by Gasteiger charge is -2.32. The predicted molar refractivity (Wildman–Crippen MR) is 103 cm³/mol. The fourth-order valence-corrected chi connectivity index (χ4v) is 2.93. The third-order valence-corrected chi connectivity index (χ3v) is 5.34. The predicted octanol–water partition coefficient (Wildman–Crippen LogP) is 4.40. The molecule has 0 atom stereocenters. The average molecular weight is 377 g/mol. The van der Waals surface area contributed by atoms with Gasteiger partial charge >= 0.3 is 7.12 Å². The molecule has 138 valence electrons. The van der Waals surface area contributed by atoms with Gasteiger partial charge in [0.15, 0.2) is 0 Å². The largest absolute Gasteiger partial charge is 0.494 e. The summed E-state index contributed by atoms with van der Waals surface area (Å²) >= 11 is 6.37. The van der Waals surface area contributed by atoms with Crippen LogP contribution in [0.25, 0.3) is 0 Å². The standard InChI is InChI=1S/C20H23BClFO3/c1-19(2)20(3,4)26-21(25-19)15-7-10-18(17(22)13-15)24-12-11-14-5-8-16(23)9-6-14/h5-10,13H,11-12H2,1-4H3. The highest BCUT2D eigenvalue weighted by molar-refractivity contribution is 6.62. The molecule has 0 unspecified atom stereocenters. The van der Waals surface area contributed by atoms with E-state index in [4.69, 9.17) is 25.6 Å². The molecule has 26 heavy (non-hydrogen) atoms. The Hall–Kier alpha value is -1.56. The summed E-state index contributed by atoms with van der Waals surface area (Å²) in [6.45, 7) is 8.52. The molecule has 2 aromatic carbocycles. The molecule has 0 aliphatic carbocycles. The Morgan fingerprint density at radius 1 is 1.00 bits per heavy atom. The van der Waals surface area contributed by atoms with Gasteiger partial charge < -0.3 is 14.0 Å². The maximum absolute atomic E-state index is 12.9. The number of rotatable bonds is 5. The summed E-state index contributed by atoms with van der Waals surface area (Å²) in [6, 6.07) is 11.9. The van der Waals surface area contributed by atoms with Crippen LogP contribution in [0, 0.1) is 5.82 Å². The van der Waals surface area contributed by atoms with Crippen LogP contribution in [0.3, 0.4) is 0 Å². The lowest BCUT2D eigenvalue weighted by molar-refractivity contribution is 0.00578. The summed E-state index contributed by atoms with van der Waals surface area (Å²) in [6.07, 6.45) is 0.676. The van der Waals surface area contributed by atoms with Crippen LogP contribution in [0.4, 0.5) is 4.39 Å². The van der Waals surface area contributed by atoms with Crippen molar-refractivity contribution in [2.75, 3.05) is 6.61 Å². The molecule has 0 amide bonds. The molecular formula is C20H23BClFO3. The van der Waals surface area contributed by atoms with E-state index in [9.17, 15) is 4.39 Å². The lowest BCUT2D eigenvalue weighted by atomic mass is 9.79. The Labute approximate surface area is 159 Å². The van der Waals surface area contributed by atoms with E-state index in [-0.39, 0.29) is 5.82 Å². The molecule has 0 radical (unpaired) electrons. The van der Waals surface area contributed by atoms with Crippen LogP contribution in [-0.4, -0.2) is 24.9 Å². The van der Waals surface area contributed by atoms with Crippen LogP contribution in [0.2, 0.25) is 5.02 Å². The first-order chi connectivity index (χ1) is 12.2. The van der Waals surface area contributed by atoms with E-state index in [1.807, 2.05) is 45.9 Å². The Morgan fingerprint density at radius 2 is 1.62 bits per heavy atom. The van der Waals surface area contributed by atoms with Crippen molar-refractivity contribution in [1.82, 2.24) is 0 Å². The molecular weight excluding hydrogens is 353 g/mol. The molecule has 0 aromatic heterocycles. The summed E-state index contributed by atoms with van der Waals surface area (Å²) < 4.78 is 30.8. The Balaban J connectivity index is 1.62. The van der Waals surface area contributed by atoms with Crippen molar-refractivity contribution in [2.24, 2.45) is 0 Å². The summed E-state index contributed by atoms with van der Waals surface area (Å²) in [5.41, 5.74) is 1.08. The normalized spacial score (nSPS) is 18.2. The molecule has 0 bridgehead atoms. The molecule has 1 heterocycles. The summed E-state index contributed by atoms with van der Waals surface area (Å²) in [4.78, 5) is 0. The first-order valence-electron chi connectivity index (χ1n) is 8.70. The van der Waals surface area contributed by atoms with Gasteiger partial charge in [-0.05, 0) is 63.0 Å². The van der Waals surface area contributed by atoms with Gasteiger partial charge in [-0.1, -0.05) is 29.8 Å². The molecule has 3 nitrogen and oxygen atoms in total. The van der Waals surface area contributed by atoms with E-state index in [1.54, 1.807) is 12.1 Å². The Kier molecular flexibility index (Phi) is 5.34. The van der Waals surface area contributed by atoms with E-state index in [0.717, 1.165) is 11.0 Å². The van der Waals surface area contributed by atoms with Crippen LogP contribution in [0.5, 0.6) is 5.75 Å². The maximum Gasteiger partial charge on any atom is 0.494 e. The molecule has 0 saturated carbocycles. The van der Waals surface area contributed by atoms with Gasteiger partial charge in [0.2, 0.25) is 0 Å². The molecule has 3 rings (SSSR count). The summed E-state index contributed by atoms with van der Waals surface area (Å²) in [5, 5.41) is 0.510. The minimum Gasteiger partial charge on any atom is -0.492 e. The minimum atomic E-state index is -0.453. The Morgan fingerprint density at radius 3 is 2.19 bits per heavy atom. The van der Waals surface area contributed by atoms with E-state index < -0.39 is 18.3 Å². The van der Waals surface area contributed by atoms with Crippen molar-refractivity contribution >= 4 is 24.2 Å². The van der Waals surface area contributed by atoms with Gasteiger partial charge in [0, 0.05) is 6.42 Å². The van der Waals surface area contributed by atoms with Gasteiger partial charge in [-0.2, -0.15) is 0 Å². The first kappa shape index (κ1) is 19.2. The van der Waals surface area contributed by atoms with Gasteiger partial charge in [0.1, 0.15) is 11.6 Å².